The highest BCUT2D eigenvalue weighted by Gasteiger charge is 2.24. The molecule has 0 saturated heterocycles. The van der Waals surface area contributed by atoms with E-state index in [4.69, 9.17) is 4.74 Å². The molecule has 1 aromatic heterocycles. The van der Waals surface area contributed by atoms with Gasteiger partial charge >= 0.3 is 5.97 Å². The molecule has 0 bridgehead atoms. The van der Waals surface area contributed by atoms with Crippen LogP contribution in [0.25, 0.3) is 10.9 Å². The van der Waals surface area contributed by atoms with Crippen molar-refractivity contribution < 1.29 is 9.53 Å². The van der Waals surface area contributed by atoms with E-state index in [2.05, 4.69) is 69.5 Å². The number of carbonyl (C=O) groups is 1. The first-order chi connectivity index (χ1) is 9.28. The van der Waals surface area contributed by atoms with Gasteiger partial charge in [0.25, 0.3) is 0 Å². The Morgan fingerprint density at radius 2 is 2.15 bits per heavy atom. The molecule has 0 radical (unpaired) electrons. The maximum absolute atomic E-state index is 11.0. The number of esters is 1. The van der Waals surface area contributed by atoms with Crippen LogP contribution in [0.4, 0.5) is 0 Å². The lowest BCUT2D eigenvalue weighted by Crippen LogP contribution is -2.23. The van der Waals surface area contributed by atoms with E-state index >= 15 is 0 Å². The van der Waals surface area contributed by atoms with E-state index in [-0.39, 0.29) is 11.4 Å². The molecule has 2 aromatic rings. The molecule has 1 N–H and O–H groups in total. The van der Waals surface area contributed by atoms with Crippen molar-refractivity contribution in [3.8, 4) is 0 Å². The van der Waals surface area contributed by atoms with E-state index in [9.17, 15) is 4.79 Å². The van der Waals surface area contributed by atoms with E-state index in [0.29, 0.717) is 6.61 Å². The van der Waals surface area contributed by atoms with Gasteiger partial charge in [-0.25, -0.2) is 0 Å². The predicted molar refractivity (Wildman–Crippen MR) is 92.8 cm³/mol. The predicted octanol–water partition coefficient (Wildman–Crippen LogP) is 4.67. The lowest BCUT2D eigenvalue weighted by atomic mass is 9.86. The fourth-order valence-corrected chi connectivity index (χ4v) is 3.32. The number of fused-ring (bicyclic) bond motifs is 1. The number of aromatic nitrogens is 1. The summed E-state index contributed by atoms with van der Waals surface area (Å²) >= 11 is 5.85. The van der Waals surface area contributed by atoms with Crippen LogP contribution in [-0.4, -0.2) is 17.6 Å². The van der Waals surface area contributed by atoms with Crippen LogP contribution in [0.5, 0.6) is 0 Å². The van der Waals surface area contributed by atoms with E-state index in [0.717, 1.165) is 20.1 Å². The number of carbonyl (C=O) groups excluding carboxylic acids is 1. The van der Waals surface area contributed by atoms with Crippen LogP contribution in [0.1, 0.15) is 26.3 Å². The monoisotopic (exact) mass is 449 g/mol. The van der Waals surface area contributed by atoms with E-state index in [1.165, 1.54) is 17.9 Å². The summed E-state index contributed by atoms with van der Waals surface area (Å²) in [6.45, 7) is 6.10. The number of H-pyrrole nitrogens is 1. The average Bonchev–Trinajstić information content (AvgIpc) is 2.64. The quantitative estimate of drug-likeness (QED) is 0.544. The van der Waals surface area contributed by atoms with Gasteiger partial charge in [-0.2, -0.15) is 0 Å². The summed E-state index contributed by atoms with van der Waals surface area (Å²) < 4.78 is 7.38. The maximum Gasteiger partial charge on any atom is 0.302 e. The number of halogens is 2. The number of hydrogen-bond donors (Lipinski definition) is 1. The number of nitrogens with one attached hydrogen (secondary N) is 1. The molecule has 0 spiro atoms. The zero-order valence-electron chi connectivity index (χ0n) is 11.7. The van der Waals surface area contributed by atoms with Gasteiger partial charge in [-0.15, -0.1) is 0 Å². The first-order valence-electron chi connectivity index (χ1n) is 6.37. The highest BCUT2D eigenvalue weighted by Crippen LogP contribution is 2.32. The number of hydrogen-bond acceptors (Lipinski definition) is 2. The van der Waals surface area contributed by atoms with Gasteiger partial charge in [-0.3, -0.25) is 4.79 Å². The zero-order chi connectivity index (χ0) is 14.9. The number of rotatable bonds is 4. The second-order valence-corrected chi connectivity index (χ2v) is 7.72. The van der Waals surface area contributed by atoms with Gasteiger partial charge in [-0.05, 0) is 52.8 Å². The van der Waals surface area contributed by atoms with Gasteiger partial charge in [0.15, 0.2) is 0 Å². The normalized spacial score (nSPS) is 11.8. The Kier molecular flexibility index (Phi) is 4.79. The second kappa shape index (κ2) is 6.05. The molecule has 0 atom stereocenters. The molecule has 1 aromatic carbocycles. The lowest BCUT2D eigenvalue weighted by Gasteiger charge is -2.24. The van der Waals surface area contributed by atoms with Crippen molar-refractivity contribution >= 4 is 55.4 Å². The minimum absolute atomic E-state index is 0.0942. The topological polar surface area (TPSA) is 42.1 Å². The molecule has 0 aliphatic heterocycles. The van der Waals surface area contributed by atoms with Gasteiger partial charge in [0.1, 0.15) is 0 Å². The third-order valence-electron chi connectivity index (χ3n) is 3.14. The minimum atomic E-state index is -0.227. The summed E-state index contributed by atoms with van der Waals surface area (Å²) in [5.74, 6) is -0.227. The molecule has 0 aliphatic carbocycles. The summed E-state index contributed by atoms with van der Waals surface area (Å²) in [6.07, 6.45) is 0.856. The van der Waals surface area contributed by atoms with Crippen molar-refractivity contribution in [2.24, 2.45) is 5.41 Å². The first-order valence-corrected chi connectivity index (χ1v) is 8.25. The molecular weight excluding hydrogens is 433 g/mol. The zero-order valence-corrected chi connectivity index (χ0v) is 15.5. The third-order valence-corrected chi connectivity index (χ3v) is 4.55. The van der Waals surface area contributed by atoms with Crippen molar-refractivity contribution in [1.82, 2.24) is 4.98 Å². The molecule has 108 valence electrons. The molecule has 0 saturated carbocycles. The molecule has 2 rings (SSSR count). The number of benzene rings is 1. The largest absolute Gasteiger partial charge is 0.465 e. The summed E-state index contributed by atoms with van der Waals surface area (Å²) in [5.41, 5.74) is 2.32. The number of ether oxygens (including phenoxy) is 1. The molecule has 0 fully saturated rings. The fraction of sp³-hybridized carbons (Fsp3) is 0.400. The highest BCUT2D eigenvalue weighted by molar-refractivity contribution is 14.1. The Morgan fingerprint density at radius 1 is 1.45 bits per heavy atom. The SMILES string of the molecule is CC(=O)OCC(C)(C)Cc1c(I)[nH]c2ccc(Br)cc12. The van der Waals surface area contributed by atoms with Crippen LogP contribution in [-0.2, 0) is 16.0 Å². The van der Waals surface area contributed by atoms with Crippen LogP contribution in [0.2, 0.25) is 0 Å². The molecule has 0 amide bonds. The van der Waals surface area contributed by atoms with Gasteiger partial charge in [-0.1, -0.05) is 29.8 Å². The lowest BCUT2D eigenvalue weighted by molar-refractivity contribution is -0.143. The summed E-state index contributed by atoms with van der Waals surface area (Å²) in [5, 5.41) is 1.22. The Hall–Kier alpha value is -0.560. The van der Waals surface area contributed by atoms with Gasteiger partial charge in [0.05, 0.1) is 10.3 Å². The van der Waals surface area contributed by atoms with E-state index < -0.39 is 0 Å². The van der Waals surface area contributed by atoms with Gasteiger partial charge in [0, 0.05) is 27.7 Å². The minimum Gasteiger partial charge on any atom is -0.465 e. The molecule has 3 nitrogen and oxygen atoms in total. The van der Waals surface area contributed by atoms with Crippen LogP contribution < -0.4 is 0 Å². The van der Waals surface area contributed by atoms with E-state index in [1.807, 2.05) is 6.07 Å². The van der Waals surface area contributed by atoms with Gasteiger partial charge < -0.3 is 9.72 Å². The highest BCUT2D eigenvalue weighted by atomic mass is 127. The van der Waals surface area contributed by atoms with Crippen LogP contribution >= 0.6 is 38.5 Å². The Bertz CT molecular complexity index is 649. The first kappa shape index (κ1) is 15.8. The maximum atomic E-state index is 11.0. The van der Waals surface area contributed by atoms with Crippen LogP contribution in [0.3, 0.4) is 0 Å². The van der Waals surface area contributed by atoms with Crippen molar-refractivity contribution in [2.45, 2.75) is 27.2 Å². The molecule has 1 heterocycles. The number of aromatic amines is 1. The molecule has 20 heavy (non-hydrogen) atoms. The summed E-state index contributed by atoms with van der Waals surface area (Å²) in [6, 6.07) is 6.23. The Balaban J connectivity index is 2.30. The van der Waals surface area contributed by atoms with E-state index in [1.54, 1.807) is 0 Å². The molecule has 0 aliphatic rings. The fourth-order valence-electron chi connectivity index (χ4n) is 2.19. The Labute approximate surface area is 140 Å². The van der Waals surface area contributed by atoms with Crippen molar-refractivity contribution in [3.05, 3.63) is 31.9 Å². The van der Waals surface area contributed by atoms with Crippen molar-refractivity contribution in [3.63, 3.8) is 0 Å². The standard InChI is InChI=1S/C15H17BrINO2/c1-9(19)20-8-15(2,3)7-12-11-6-10(16)4-5-13(11)18-14(12)17/h4-6,18H,7-8H2,1-3H3. The summed E-state index contributed by atoms with van der Waals surface area (Å²) in [7, 11) is 0. The average molecular weight is 450 g/mol. The van der Waals surface area contributed by atoms with Crippen LogP contribution in [0.15, 0.2) is 22.7 Å². The van der Waals surface area contributed by atoms with Crippen LogP contribution in [0, 0.1) is 9.12 Å². The summed E-state index contributed by atoms with van der Waals surface area (Å²) in [4.78, 5) is 14.4. The van der Waals surface area contributed by atoms with Crippen molar-refractivity contribution in [2.75, 3.05) is 6.61 Å². The van der Waals surface area contributed by atoms with Crippen molar-refractivity contribution in [1.29, 1.82) is 0 Å². The molecule has 5 heteroatoms. The molecular formula is C15H17BrINO2. The third kappa shape index (κ3) is 3.75. The van der Waals surface area contributed by atoms with Gasteiger partial charge in [0.2, 0.25) is 0 Å². The second-order valence-electron chi connectivity index (χ2n) is 5.73. The smallest absolute Gasteiger partial charge is 0.302 e. The Morgan fingerprint density at radius 3 is 2.80 bits per heavy atom. The molecule has 0 unspecified atom stereocenters.